The van der Waals surface area contributed by atoms with Gasteiger partial charge < -0.3 is 15.4 Å². The summed E-state index contributed by atoms with van der Waals surface area (Å²) in [7, 11) is 1.47. The molecule has 1 aliphatic rings. The summed E-state index contributed by atoms with van der Waals surface area (Å²) in [5.41, 5.74) is 1.68. The highest BCUT2D eigenvalue weighted by molar-refractivity contribution is 8.93. The first kappa shape index (κ1) is 29.9. The zero-order chi connectivity index (χ0) is 27.3. The molecule has 1 saturated carbocycles. The van der Waals surface area contributed by atoms with Gasteiger partial charge in [-0.3, -0.25) is 14.6 Å². The minimum atomic E-state index is -2.68. The van der Waals surface area contributed by atoms with Gasteiger partial charge in [-0.05, 0) is 31.9 Å². The van der Waals surface area contributed by atoms with E-state index in [0.717, 1.165) is 0 Å². The van der Waals surface area contributed by atoms with Gasteiger partial charge in [0.1, 0.15) is 18.0 Å². The number of halogens is 4. The fourth-order valence-corrected chi connectivity index (χ4v) is 3.87. The van der Waals surface area contributed by atoms with E-state index in [9.17, 15) is 22.8 Å². The Bertz CT molecular complexity index is 1280. The van der Waals surface area contributed by atoms with Crippen molar-refractivity contribution < 1.29 is 27.5 Å². The molecule has 3 heterocycles. The van der Waals surface area contributed by atoms with Gasteiger partial charge in [0.05, 0.1) is 30.6 Å². The SMILES string of the molecule is Br.CNC(=O)c1cn(C[C@H](F)CCc2ccc(NC(=O)Cc3cc(OC4CC(F)(F)C4)cc(C)n3)nn2)nn1. The number of pyridine rings is 1. The van der Waals surface area contributed by atoms with E-state index in [4.69, 9.17) is 4.74 Å². The maximum absolute atomic E-state index is 14.4. The van der Waals surface area contributed by atoms with Crippen LogP contribution in [0.4, 0.5) is 19.0 Å². The van der Waals surface area contributed by atoms with Gasteiger partial charge in [-0.2, -0.15) is 5.10 Å². The van der Waals surface area contributed by atoms with E-state index in [1.165, 1.54) is 17.9 Å². The highest BCUT2D eigenvalue weighted by atomic mass is 79.9. The number of aromatic nitrogens is 6. The van der Waals surface area contributed by atoms with Crippen LogP contribution in [0.1, 0.15) is 46.8 Å². The topological polar surface area (TPSA) is 137 Å². The number of carbonyl (C=O) groups is 2. The molecule has 0 saturated heterocycles. The molecule has 2 amide bonds. The first-order valence-electron chi connectivity index (χ1n) is 12.0. The van der Waals surface area contributed by atoms with Crippen molar-refractivity contribution in [3.63, 3.8) is 0 Å². The molecule has 3 aromatic heterocycles. The van der Waals surface area contributed by atoms with Crippen molar-refractivity contribution in [3.8, 4) is 5.75 Å². The molecule has 39 heavy (non-hydrogen) atoms. The lowest BCUT2D eigenvalue weighted by Crippen LogP contribution is -2.43. The van der Waals surface area contributed by atoms with Gasteiger partial charge in [-0.1, -0.05) is 5.21 Å². The highest BCUT2D eigenvalue weighted by Crippen LogP contribution is 2.39. The van der Waals surface area contributed by atoms with Crippen molar-refractivity contribution in [2.75, 3.05) is 12.4 Å². The average molecular weight is 613 g/mol. The van der Waals surface area contributed by atoms with Crippen molar-refractivity contribution in [1.29, 1.82) is 0 Å². The van der Waals surface area contributed by atoms with E-state index in [-0.39, 0.29) is 66.6 Å². The van der Waals surface area contributed by atoms with Crippen LogP contribution in [0, 0.1) is 6.92 Å². The van der Waals surface area contributed by atoms with Gasteiger partial charge in [0, 0.05) is 37.7 Å². The van der Waals surface area contributed by atoms with Crippen LogP contribution < -0.4 is 15.4 Å². The Kier molecular flexibility index (Phi) is 9.94. The molecule has 1 atom stereocenters. The van der Waals surface area contributed by atoms with Crippen molar-refractivity contribution in [3.05, 3.63) is 53.2 Å². The molecular weight excluding hydrogens is 585 g/mol. The molecule has 0 aliphatic heterocycles. The van der Waals surface area contributed by atoms with Crippen LogP contribution in [0.25, 0.3) is 0 Å². The minimum Gasteiger partial charge on any atom is -0.490 e. The first-order valence-corrected chi connectivity index (χ1v) is 12.0. The van der Waals surface area contributed by atoms with Crippen LogP contribution in [-0.4, -0.2) is 67.2 Å². The largest absolute Gasteiger partial charge is 0.490 e. The molecule has 0 bridgehead atoms. The Morgan fingerprint density at radius 1 is 1.18 bits per heavy atom. The quantitative estimate of drug-likeness (QED) is 0.337. The normalized spacial score (nSPS) is 15.0. The summed E-state index contributed by atoms with van der Waals surface area (Å²) in [4.78, 5) is 28.3. The Labute approximate surface area is 232 Å². The number of carbonyl (C=O) groups excluding carboxylic acids is 2. The standard InChI is InChI=1S/C24H27F3N8O3.BrH/c1-14-7-18(38-19-10-24(26,27)11-19)8-17(29-14)9-22(36)30-21-6-5-16(31-33-21)4-3-15(25)12-35-13-20(32-34-35)23(37)28-2;/h5-8,13,15,19H,3-4,9-12H2,1-2H3,(H,28,37)(H,30,33,36);1H/t15-;/m1./s1. The Morgan fingerprint density at radius 3 is 2.62 bits per heavy atom. The number of ether oxygens (including phenoxy) is 1. The average Bonchev–Trinajstić information content (AvgIpc) is 3.30. The van der Waals surface area contributed by atoms with E-state index in [1.807, 2.05) is 0 Å². The van der Waals surface area contributed by atoms with Gasteiger partial charge in [0.25, 0.3) is 11.8 Å². The number of anilines is 1. The molecule has 3 aromatic rings. The second-order valence-corrected chi connectivity index (χ2v) is 9.12. The van der Waals surface area contributed by atoms with Crippen LogP contribution >= 0.6 is 17.0 Å². The van der Waals surface area contributed by atoms with Gasteiger partial charge in [-0.15, -0.1) is 27.2 Å². The minimum absolute atomic E-state index is 0. The monoisotopic (exact) mass is 612 g/mol. The van der Waals surface area contributed by atoms with Crippen molar-refractivity contribution in [2.45, 2.75) is 63.8 Å². The molecular formula is C24H28BrF3N8O3. The summed E-state index contributed by atoms with van der Waals surface area (Å²) in [6, 6.07) is 6.40. The molecule has 1 aliphatic carbocycles. The molecule has 15 heteroatoms. The number of rotatable bonds is 11. The maximum Gasteiger partial charge on any atom is 0.273 e. The molecule has 1 fully saturated rings. The third-order valence-corrected chi connectivity index (χ3v) is 5.76. The lowest BCUT2D eigenvalue weighted by atomic mass is 9.91. The Hall–Kier alpha value is -3.62. The smallest absolute Gasteiger partial charge is 0.273 e. The Balaban J connectivity index is 0.00000420. The Morgan fingerprint density at radius 2 is 1.95 bits per heavy atom. The van der Waals surface area contributed by atoms with E-state index < -0.39 is 24.1 Å². The molecule has 0 aromatic carbocycles. The number of hydrogen-bond acceptors (Lipinski definition) is 8. The van der Waals surface area contributed by atoms with E-state index in [2.05, 4.69) is 36.1 Å². The number of aryl methyl sites for hydroxylation is 2. The summed E-state index contributed by atoms with van der Waals surface area (Å²) in [5.74, 6) is -2.86. The molecule has 0 spiro atoms. The van der Waals surface area contributed by atoms with Crippen LogP contribution in [0.3, 0.4) is 0 Å². The lowest BCUT2D eigenvalue weighted by molar-refractivity contribution is -0.134. The summed E-state index contributed by atoms with van der Waals surface area (Å²) in [6.45, 7) is 1.67. The number of amides is 2. The lowest BCUT2D eigenvalue weighted by Gasteiger charge is -2.34. The van der Waals surface area contributed by atoms with Gasteiger partial charge in [-0.25, -0.2) is 17.9 Å². The summed E-state index contributed by atoms with van der Waals surface area (Å²) < 4.78 is 47.3. The number of hydrogen-bond donors (Lipinski definition) is 2. The predicted molar refractivity (Wildman–Crippen MR) is 139 cm³/mol. The fraction of sp³-hybridized carbons (Fsp3) is 0.458. The van der Waals surface area contributed by atoms with Crippen molar-refractivity contribution >= 4 is 34.6 Å². The van der Waals surface area contributed by atoms with Crippen LogP contribution in [0.2, 0.25) is 0 Å². The second kappa shape index (κ2) is 13.0. The summed E-state index contributed by atoms with van der Waals surface area (Å²) in [5, 5.41) is 20.5. The van der Waals surface area contributed by atoms with Crippen LogP contribution in [0.5, 0.6) is 5.75 Å². The third-order valence-electron chi connectivity index (χ3n) is 5.76. The second-order valence-electron chi connectivity index (χ2n) is 9.12. The summed E-state index contributed by atoms with van der Waals surface area (Å²) >= 11 is 0. The zero-order valence-corrected chi connectivity index (χ0v) is 22.9. The van der Waals surface area contributed by atoms with E-state index in [1.54, 1.807) is 31.2 Å². The van der Waals surface area contributed by atoms with Gasteiger partial charge in [0.15, 0.2) is 11.5 Å². The molecule has 0 unspecified atom stereocenters. The van der Waals surface area contributed by atoms with E-state index in [0.29, 0.717) is 29.3 Å². The number of nitrogens with zero attached hydrogens (tertiary/aromatic N) is 6. The molecule has 4 rings (SSSR count). The molecule has 2 N–H and O–H groups in total. The molecule has 11 nitrogen and oxygen atoms in total. The molecule has 0 radical (unpaired) electrons. The van der Waals surface area contributed by atoms with Crippen LogP contribution in [0.15, 0.2) is 30.5 Å². The third kappa shape index (κ3) is 8.70. The maximum atomic E-state index is 14.4. The zero-order valence-electron chi connectivity index (χ0n) is 21.2. The summed E-state index contributed by atoms with van der Waals surface area (Å²) in [6.07, 6.45) is -0.695. The van der Waals surface area contributed by atoms with Crippen LogP contribution in [-0.2, 0) is 24.2 Å². The molecule has 210 valence electrons. The number of alkyl halides is 3. The highest BCUT2D eigenvalue weighted by Gasteiger charge is 2.47. The van der Waals surface area contributed by atoms with E-state index >= 15 is 0 Å². The fourth-order valence-electron chi connectivity index (χ4n) is 3.87. The van der Waals surface area contributed by atoms with Gasteiger partial charge in [0.2, 0.25) is 5.91 Å². The van der Waals surface area contributed by atoms with Crippen molar-refractivity contribution in [2.24, 2.45) is 0 Å². The predicted octanol–water partition coefficient (Wildman–Crippen LogP) is 3.04. The van der Waals surface area contributed by atoms with Gasteiger partial charge >= 0.3 is 0 Å². The number of nitrogens with one attached hydrogen (secondary N) is 2. The first-order chi connectivity index (χ1) is 18.1. The van der Waals surface area contributed by atoms with Crippen molar-refractivity contribution in [1.82, 2.24) is 35.5 Å².